The third-order valence-electron chi connectivity index (χ3n) is 1.31. The lowest BCUT2D eigenvalue weighted by Gasteiger charge is -1.93. The summed E-state index contributed by atoms with van der Waals surface area (Å²) in [4.78, 5) is 8.81. The number of aldehydes is 1. The predicted molar refractivity (Wildman–Crippen MR) is 49.6 cm³/mol. The highest BCUT2D eigenvalue weighted by molar-refractivity contribution is 5.44. The molecule has 0 saturated carbocycles. The van der Waals surface area contributed by atoms with Crippen molar-refractivity contribution in [3.63, 3.8) is 0 Å². The Morgan fingerprint density at radius 3 is 2.00 bits per heavy atom. The van der Waals surface area contributed by atoms with Crippen LogP contribution in [0.2, 0.25) is 0 Å². The van der Waals surface area contributed by atoms with E-state index in [1.54, 1.807) is 0 Å². The molecule has 0 aliphatic rings. The minimum absolute atomic E-state index is 0.750. The summed E-state index contributed by atoms with van der Waals surface area (Å²) in [5.74, 6) is 0. The minimum Gasteiger partial charge on any atom is -0.330 e. The maximum atomic E-state index is 8.81. The van der Waals surface area contributed by atoms with Crippen LogP contribution in [-0.4, -0.2) is 12.8 Å². The maximum absolute atomic E-state index is 8.81. The van der Waals surface area contributed by atoms with Gasteiger partial charge in [0, 0.05) is 0 Å². The third kappa shape index (κ3) is 26.2. The van der Waals surface area contributed by atoms with Crippen molar-refractivity contribution in [2.24, 2.45) is 5.73 Å². The SMILES string of the molecule is CC=O.CCCCCCCN. The van der Waals surface area contributed by atoms with Crippen LogP contribution in [-0.2, 0) is 4.79 Å². The topological polar surface area (TPSA) is 43.1 Å². The lowest BCUT2D eigenvalue weighted by atomic mass is 10.2. The zero-order chi connectivity index (χ0) is 8.95. The van der Waals surface area contributed by atoms with Gasteiger partial charge in [-0.3, -0.25) is 0 Å². The first-order valence-electron chi connectivity index (χ1n) is 4.43. The molecule has 0 aromatic rings. The van der Waals surface area contributed by atoms with Gasteiger partial charge in [-0.2, -0.15) is 0 Å². The minimum atomic E-state index is 0.750. The van der Waals surface area contributed by atoms with Crippen LogP contribution in [0.1, 0.15) is 46.0 Å². The predicted octanol–water partition coefficient (Wildman–Crippen LogP) is 2.12. The van der Waals surface area contributed by atoms with Gasteiger partial charge in [-0.25, -0.2) is 0 Å². The summed E-state index contributed by atoms with van der Waals surface area (Å²) in [6.45, 7) is 4.53. The summed E-state index contributed by atoms with van der Waals surface area (Å²) in [6, 6.07) is 0. The van der Waals surface area contributed by atoms with Gasteiger partial charge in [0.25, 0.3) is 0 Å². The number of carbonyl (C=O) groups is 1. The van der Waals surface area contributed by atoms with Crippen molar-refractivity contribution < 1.29 is 4.79 Å². The van der Waals surface area contributed by atoms with E-state index in [4.69, 9.17) is 10.5 Å². The first kappa shape index (κ1) is 13.2. The van der Waals surface area contributed by atoms with E-state index in [2.05, 4.69) is 6.92 Å². The van der Waals surface area contributed by atoms with Crippen LogP contribution < -0.4 is 5.73 Å². The highest BCUT2D eigenvalue weighted by Gasteiger charge is 1.83. The molecule has 0 aromatic heterocycles. The molecule has 0 unspecified atom stereocenters. The second-order valence-corrected chi connectivity index (χ2v) is 2.44. The molecular weight excluding hydrogens is 138 g/mol. The van der Waals surface area contributed by atoms with Crippen LogP contribution in [0.25, 0.3) is 0 Å². The summed E-state index contributed by atoms with van der Waals surface area (Å²) in [7, 11) is 0. The van der Waals surface area contributed by atoms with Gasteiger partial charge in [0.2, 0.25) is 0 Å². The van der Waals surface area contributed by atoms with E-state index in [-0.39, 0.29) is 0 Å². The standard InChI is InChI=1S/C7H17N.C2H4O/c1-2-3-4-5-6-7-8;1-2-3/h2-8H2,1H3;2H,1H3. The van der Waals surface area contributed by atoms with Crippen molar-refractivity contribution in [1.82, 2.24) is 0 Å². The highest BCUT2D eigenvalue weighted by atomic mass is 16.1. The van der Waals surface area contributed by atoms with Crippen molar-refractivity contribution >= 4 is 6.29 Å². The molecule has 0 amide bonds. The van der Waals surface area contributed by atoms with Crippen molar-refractivity contribution in [2.45, 2.75) is 46.0 Å². The fraction of sp³-hybridized carbons (Fsp3) is 0.889. The van der Waals surface area contributed by atoms with Gasteiger partial charge in [0.1, 0.15) is 6.29 Å². The number of hydrogen-bond acceptors (Lipinski definition) is 2. The van der Waals surface area contributed by atoms with Gasteiger partial charge in [0.15, 0.2) is 0 Å². The number of rotatable bonds is 5. The average molecular weight is 159 g/mol. The Bertz CT molecular complexity index is 58.6. The fourth-order valence-electron chi connectivity index (χ4n) is 0.748. The van der Waals surface area contributed by atoms with Crippen LogP contribution >= 0.6 is 0 Å². The van der Waals surface area contributed by atoms with Gasteiger partial charge in [0.05, 0.1) is 0 Å². The first-order valence-corrected chi connectivity index (χ1v) is 4.43. The van der Waals surface area contributed by atoms with Gasteiger partial charge in [-0.15, -0.1) is 0 Å². The van der Waals surface area contributed by atoms with E-state index < -0.39 is 0 Å². The van der Waals surface area contributed by atoms with Gasteiger partial charge >= 0.3 is 0 Å². The summed E-state index contributed by atoms with van der Waals surface area (Å²) in [6.07, 6.45) is 7.35. The number of hydrogen-bond donors (Lipinski definition) is 1. The van der Waals surface area contributed by atoms with Crippen LogP contribution in [0, 0.1) is 0 Å². The lowest BCUT2D eigenvalue weighted by Crippen LogP contribution is -1.97. The van der Waals surface area contributed by atoms with E-state index in [1.165, 1.54) is 39.0 Å². The van der Waals surface area contributed by atoms with E-state index in [0.29, 0.717) is 0 Å². The van der Waals surface area contributed by atoms with Crippen LogP contribution in [0.4, 0.5) is 0 Å². The highest BCUT2D eigenvalue weighted by Crippen LogP contribution is 2.00. The van der Waals surface area contributed by atoms with Crippen molar-refractivity contribution in [2.75, 3.05) is 6.54 Å². The normalized spacial score (nSPS) is 8.27. The summed E-state index contributed by atoms with van der Waals surface area (Å²) in [5.41, 5.74) is 5.31. The Balaban J connectivity index is 0. The molecule has 0 aliphatic carbocycles. The van der Waals surface area contributed by atoms with Gasteiger partial charge < -0.3 is 10.5 Å². The number of unbranched alkanes of at least 4 members (excludes halogenated alkanes) is 4. The summed E-state index contributed by atoms with van der Waals surface area (Å²) < 4.78 is 0. The van der Waals surface area contributed by atoms with Gasteiger partial charge in [-0.1, -0.05) is 32.6 Å². The fourth-order valence-corrected chi connectivity index (χ4v) is 0.748. The molecule has 0 bridgehead atoms. The Hall–Kier alpha value is -0.370. The van der Waals surface area contributed by atoms with E-state index in [0.717, 1.165) is 12.8 Å². The molecule has 0 spiro atoms. The number of nitrogens with two attached hydrogens (primary N) is 1. The van der Waals surface area contributed by atoms with E-state index >= 15 is 0 Å². The summed E-state index contributed by atoms with van der Waals surface area (Å²) in [5, 5.41) is 0. The Labute approximate surface area is 70.2 Å². The molecule has 0 heterocycles. The zero-order valence-corrected chi connectivity index (χ0v) is 7.81. The van der Waals surface area contributed by atoms with Gasteiger partial charge in [-0.05, 0) is 19.9 Å². The quantitative estimate of drug-likeness (QED) is 0.493. The zero-order valence-electron chi connectivity index (χ0n) is 7.81. The Kier molecular flexibility index (Phi) is 19.6. The van der Waals surface area contributed by atoms with Crippen molar-refractivity contribution in [3.05, 3.63) is 0 Å². The molecule has 0 radical (unpaired) electrons. The number of carbonyl (C=O) groups excluding carboxylic acids is 1. The molecule has 2 N–H and O–H groups in total. The second kappa shape index (κ2) is 16.3. The van der Waals surface area contributed by atoms with Crippen LogP contribution in [0.5, 0.6) is 0 Å². The monoisotopic (exact) mass is 159 g/mol. The molecule has 0 atom stereocenters. The molecular formula is C9H21NO. The third-order valence-corrected chi connectivity index (χ3v) is 1.31. The molecule has 0 rings (SSSR count). The smallest absolute Gasteiger partial charge is 0.116 e. The average Bonchev–Trinajstić information content (AvgIpc) is 2.00. The lowest BCUT2D eigenvalue weighted by molar-refractivity contribution is -0.106. The molecule has 11 heavy (non-hydrogen) atoms. The Morgan fingerprint density at radius 2 is 1.64 bits per heavy atom. The molecule has 0 aliphatic heterocycles. The summed E-state index contributed by atoms with van der Waals surface area (Å²) >= 11 is 0. The second-order valence-electron chi connectivity index (χ2n) is 2.44. The van der Waals surface area contributed by atoms with Crippen LogP contribution in [0.3, 0.4) is 0 Å². The maximum Gasteiger partial charge on any atom is 0.116 e. The van der Waals surface area contributed by atoms with Crippen molar-refractivity contribution in [1.29, 1.82) is 0 Å². The van der Waals surface area contributed by atoms with E-state index in [1.807, 2.05) is 0 Å². The first-order chi connectivity index (χ1) is 5.33. The van der Waals surface area contributed by atoms with Crippen LogP contribution in [0.15, 0.2) is 0 Å². The molecule has 68 valence electrons. The molecule has 0 aromatic carbocycles. The molecule has 2 heteroatoms. The largest absolute Gasteiger partial charge is 0.330 e. The Morgan fingerprint density at radius 1 is 1.18 bits per heavy atom. The van der Waals surface area contributed by atoms with E-state index in [9.17, 15) is 0 Å². The molecule has 2 nitrogen and oxygen atoms in total. The molecule has 0 saturated heterocycles. The molecule has 0 fully saturated rings. The van der Waals surface area contributed by atoms with Crippen molar-refractivity contribution in [3.8, 4) is 0 Å².